The van der Waals surface area contributed by atoms with Gasteiger partial charge in [-0.1, -0.05) is 62.4 Å². The fourth-order valence-electron chi connectivity index (χ4n) is 4.76. The maximum Gasteiger partial charge on any atom is 0.334 e. The number of nitrogens with zero attached hydrogens (tertiary/aromatic N) is 4. The summed E-state index contributed by atoms with van der Waals surface area (Å²) in [4.78, 5) is 54.4. The molecule has 4 amide bonds. The van der Waals surface area contributed by atoms with Gasteiger partial charge in [-0.15, -0.1) is 6.42 Å². The van der Waals surface area contributed by atoms with Crippen LogP contribution in [0.25, 0.3) is 0 Å². The van der Waals surface area contributed by atoms with E-state index in [2.05, 4.69) is 18.2 Å². The molecule has 0 spiro atoms. The zero-order valence-corrected chi connectivity index (χ0v) is 20.8. The predicted octanol–water partition coefficient (Wildman–Crippen LogP) is 1.87. The van der Waals surface area contributed by atoms with Gasteiger partial charge in [0.2, 0.25) is 11.8 Å². The molecule has 0 aromatic heterocycles. The number of fused-ring (bicyclic) bond motifs is 1. The number of carbonyl (C=O) groups is 4. The zero-order chi connectivity index (χ0) is 26.1. The molecule has 10 heteroatoms. The van der Waals surface area contributed by atoms with Crippen molar-refractivity contribution in [2.24, 2.45) is 0 Å². The molecule has 2 aliphatic heterocycles. The number of benzene rings is 1. The highest BCUT2D eigenvalue weighted by Crippen LogP contribution is 2.28. The first-order valence-electron chi connectivity index (χ1n) is 12.5. The van der Waals surface area contributed by atoms with Crippen LogP contribution in [-0.2, 0) is 20.9 Å². The molecular formula is C26H35N5O5. The fourth-order valence-corrected chi connectivity index (χ4v) is 4.76. The van der Waals surface area contributed by atoms with Crippen LogP contribution in [0.4, 0.5) is 4.79 Å². The molecule has 0 saturated carbocycles. The van der Waals surface area contributed by atoms with Gasteiger partial charge >= 0.3 is 12.0 Å². The second-order valence-electron chi connectivity index (χ2n) is 9.09. The second kappa shape index (κ2) is 12.9. The first-order valence-corrected chi connectivity index (χ1v) is 12.5. The minimum Gasteiger partial charge on any atom is -0.481 e. The summed E-state index contributed by atoms with van der Waals surface area (Å²) in [7, 11) is 0. The highest BCUT2D eigenvalue weighted by atomic mass is 16.4. The first-order chi connectivity index (χ1) is 17.4. The van der Waals surface area contributed by atoms with E-state index in [4.69, 9.17) is 6.42 Å². The minimum atomic E-state index is -1.05. The average Bonchev–Trinajstić information content (AvgIpc) is 2.86. The van der Waals surface area contributed by atoms with Crippen molar-refractivity contribution in [3.63, 3.8) is 0 Å². The predicted molar refractivity (Wildman–Crippen MR) is 133 cm³/mol. The van der Waals surface area contributed by atoms with Gasteiger partial charge in [0.25, 0.3) is 0 Å². The summed E-state index contributed by atoms with van der Waals surface area (Å²) < 4.78 is 0. The Kier molecular flexibility index (Phi) is 9.70. The molecule has 2 atom stereocenters. The molecule has 1 aromatic carbocycles. The van der Waals surface area contributed by atoms with E-state index in [1.54, 1.807) is 4.90 Å². The molecule has 0 unspecified atom stereocenters. The highest BCUT2D eigenvalue weighted by molar-refractivity contribution is 5.91. The number of hydrogen-bond acceptors (Lipinski definition) is 5. The van der Waals surface area contributed by atoms with Gasteiger partial charge in [0.05, 0.1) is 19.6 Å². The van der Waals surface area contributed by atoms with Crippen molar-refractivity contribution in [2.45, 2.75) is 64.2 Å². The number of rotatable bonds is 11. The Morgan fingerprint density at radius 3 is 2.58 bits per heavy atom. The summed E-state index contributed by atoms with van der Waals surface area (Å²) in [6.07, 6.45) is 8.34. The van der Waals surface area contributed by atoms with Crippen LogP contribution in [0.5, 0.6) is 0 Å². The Balaban J connectivity index is 1.88. The van der Waals surface area contributed by atoms with E-state index in [0.29, 0.717) is 6.54 Å². The summed E-state index contributed by atoms with van der Waals surface area (Å²) in [6, 6.07) is 8.05. The molecule has 10 nitrogen and oxygen atoms in total. The third-order valence-corrected chi connectivity index (χ3v) is 6.51. The lowest BCUT2D eigenvalue weighted by Crippen LogP contribution is -2.76. The van der Waals surface area contributed by atoms with Crippen LogP contribution in [0.15, 0.2) is 30.3 Å². The Morgan fingerprint density at radius 1 is 1.17 bits per heavy atom. The SMILES string of the molecule is C#CCN1CC(=O)N2[C@@H](CCC(=O)O)C(=O)N(CCCCCC)C[C@@H]2N1C(=O)NCc1ccccc1. The maximum absolute atomic E-state index is 13.4. The number of terminal acetylenes is 1. The number of carbonyl (C=O) groups excluding carboxylic acids is 3. The number of urea groups is 1. The molecule has 2 aliphatic rings. The number of hydrogen-bond donors (Lipinski definition) is 2. The van der Waals surface area contributed by atoms with E-state index in [1.807, 2.05) is 30.3 Å². The van der Waals surface area contributed by atoms with Crippen molar-refractivity contribution in [3.8, 4) is 12.3 Å². The molecule has 0 radical (unpaired) electrons. The van der Waals surface area contributed by atoms with Crippen LogP contribution in [0.2, 0.25) is 0 Å². The van der Waals surface area contributed by atoms with Crippen LogP contribution < -0.4 is 5.32 Å². The molecule has 2 fully saturated rings. The molecule has 36 heavy (non-hydrogen) atoms. The summed E-state index contributed by atoms with van der Waals surface area (Å²) in [5.41, 5.74) is 0.912. The third kappa shape index (κ3) is 6.55. The van der Waals surface area contributed by atoms with Crippen LogP contribution in [-0.4, -0.2) is 87.1 Å². The van der Waals surface area contributed by atoms with Gasteiger partial charge in [0, 0.05) is 19.5 Å². The molecule has 2 heterocycles. The Bertz CT molecular complexity index is 979. The number of hydrazine groups is 1. The molecular weight excluding hydrogens is 462 g/mol. The Hall–Kier alpha value is -3.58. The van der Waals surface area contributed by atoms with E-state index in [9.17, 15) is 24.3 Å². The van der Waals surface area contributed by atoms with E-state index >= 15 is 0 Å². The first kappa shape index (κ1) is 27.0. The van der Waals surface area contributed by atoms with Gasteiger partial charge in [-0.3, -0.25) is 14.4 Å². The lowest BCUT2D eigenvalue weighted by molar-refractivity contribution is -0.189. The molecule has 0 aliphatic carbocycles. The van der Waals surface area contributed by atoms with Crippen LogP contribution >= 0.6 is 0 Å². The van der Waals surface area contributed by atoms with Gasteiger partial charge in [-0.25, -0.2) is 9.80 Å². The number of nitrogens with one attached hydrogen (secondary N) is 1. The molecule has 0 bridgehead atoms. The smallest absolute Gasteiger partial charge is 0.334 e. The van der Waals surface area contributed by atoms with Crippen molar-refractivity contribution in [3.05, 3.63) is 35.9 Å². The quantitative estimate of drug-likeness (QED) is 0.357. The Labute approximate surface area is 212 Å². The summed E-state index contributed by atoms with van der Waals surface area (Å²) in [6.45, 7) is 2.87. The second-order valence-corrected chi connectivity index (χ2v) is 9.09. The van der Waals surface area contributed by atoms with Crippen molar-refractivity contribution in [1.82, 2.24) is 25.1 Å². The van der Waals surface area contributed by atoms with E-state index in [0.717, 1.165) is 31.2 Å². The number of carboxylic acid groups (broad SMARTS) is 1. The van der Waals surface area contributed by atoms with Gasteiger partial charge in [-0.2, -0.15) is 5.01 Å². The van der Waals surface area contributed by atoms with Crippen molar-refractivity contribution in [2.75, 3.05) is 26.2 Å². The molecule has 194 valence electrons. The number of carboxylic acids is 1. The van der Waals surface area contributed by atoms with E-state index in [-0.39, 0.29) is 50.8 Å². The van der Waals surface area contributed by atoms with Crippen molar-refractivity contribution >= 4 is 23.8 Å². The number of aliphatic carboxylic acids is 1. The van der Waals surface area contributed by atoms with Gasteiger partial charge in [0.15, 0.2) is 0 Å². The number of unbranched alkanes of at least 4 members (excludes halogenated alkanes) is 3. The number of piperazine rings is 1. The largest absolute Gasteiger partial charge is 0.481 e. The monoisotopic (exact) mass is 497 g/mol. The van der Waals surface area contributed by atoms with Gasteiger partial charge < -0.3 is 20.2 Å². The molecule has 3 rings (SSSR count). The minimum absolute atomic E-state index is 0.0174. The molecule has 2 saturated heterocycles. The standard InChI is InChI=1S/C26H35N5O5/c1-3-5-6-10-16-28-18-22-30(21(25(28)35)13-14-24(33)34)23(32)19-29(15-4-2)31(22)26(36)27-17-20-11-8-7-9-12-20/h2,7-9,11-12,21-22H,3,5-6,10,13-19H2,1H3,(H,27,36)(H,33,34)/t21-,22-/m0/s1. The van der Waals surface area contributed by atoms with Crippen LogP contribution in [0, 0.1) is 12.3 Å². The average molecular weight is 498 g/mol. The summed E-state index contributed by atoms with van der Waals surface area (Å²) in [5.74, 6) is 0.840. The number of amides is 4. The normalized spacial score (nSPS) is 20.2. The topological polar surface area (TPSA) is 114 Å². The van der Waals surface area contributed by atoms with Gasteiger partial charge in [-0.05, 0) is 18.4 Å². The summed E-state index contributed by atoms with van der Waals surface area (Å²) >= 11 is 0. The zero-order valence-electron chi connectivity index (χ0n) is 20.8. The molecule has 2 N–H and O–H groups in total. The summed E-state index contributed by atoms with van der Waals surface area (Å²) in [5, 5.41) is 15.1. The fraction of sp³-hybridized carbons (Fsp3) is 0.538. The lowest BCUT2D eigenvalue weighted by atomic mass is 10.0. The lowest BCUT2D eigenvalue weighted by Gasteiger charge is -2.54. The highest BCUT2D eigenvalue weighted by Gasteiger charge is 2.51. The Morgan fingerprint density at radius 2 is 1.92 bits per heavy atom. The van der Waals surface area contributed by atoms with Crippen LogP contribution in [0.1, 0.15) is 51.0 Å². The van der Waals surface area contributed by atoms with E-state index < -0.39 is 24.2 Å². The third-order valence-electron chi connectivity index (χ3n) is 6.51. The maximum atomic E-state index is 13.4. The van der Waals surface area contributed by atoms with Gasteiger partial charge in [0.1, 0.15) is 12.2 Å². The van der Waals surface area contributed by atoms with Crippen molar-refractivity contribution < 1.29 is 24.3 Å². The van der Waals surface area contributed by atoms with E-state index in [1.165, 1.54) is 14.9 Å². The molecule has 1 aromatic rings. The van der Waals surface area contributed by atoms with Crippen molar-refractivity contribution in [1.29, 1.82) is 0 Å². The van der Waals surface area contributed by atoms with Crippen LogP contribution in [0.3, 0.4) is 0 Å².